The van der Waals surface area contributed by atoms with Crippen molar-refractivity contribution in [3.05, 3.63) is 41.8 Å². The van der Waals surface area contributed by atoms with Crippen molar-refractivity contribution in [3.8, 4) is 16.5 Å². The summed E-state index contributed by atoms with van der Waals surface area (Å²) in [6.07, 6.45) is 0. The van der Waals surface area contributed by atoms with E-state index in [-0.39, 0.29) is 0 Å². The molecule has 0 aliphatic heterocycles. The quantitative estimate of drug-likeness (QED) is 0.787. The van der Waals surface area contributed by atoms with Gasteiger partial charge in [-0.05, 0) is 35.7 Å². The number of hydrogen-bond donors (Lipinski definition) is 1. The molecule has 0 radical (unpaired) electrons. The first-order chi connectivity index (χ1) is 9.35. The lowest BCUT2D eigenvalue weighted by atomic mass is 10.3. The number of anilines is 2. The summed E-state index contributed by atoms with van der Waals surface area (Å²) in [5.41, 5.74) is 0.863. The lowest BCUT2D eigenvalue weighted by Gasteiger charge is -2.02. The molecule has 0 amide bonds. The van der Waals surface area contributed by atoms with Gasteiger partial charge < -0.3 is 14.5 Å². The molecule has 0 aliphatic rings. The Morgan fingerprint density at radius 1 is 1.16 bits per heavy atom. The molecule has 19 heavy (non-hydrogen) atoms. The molecule has 0 atom stereocenters. The van der Waals surface area contributed by atoms with E-state index >= 15 is 0 Å². The lowest BCUT2D eigenvalue weighted by Crippen LogP contribution is -1.90. The summed E-state index contributed by atoms with van der Waals surface area (Å²) in [4.78, 5) is 0.954. The highest BCUT2D eigenvalue weighted by atomic mass is 32.1. The van der Waals surface area contributed by atoms with E-state index in [1.54, 1.807) is 18.4 Å². The number of methoxy groups -OCH3 is 1. The molecule has 0 spiro atoms. The molecule has 0 fully saturated rings. The number of nitrogens with zero attached hydrogens (tertiary/aromatic N) is 2. The second-order valence-electron chi connectivity index (χ2n) is 3.74. The Morgan fingerprint density at radius 2 is 2.00 bits per heavy atom. The number of benzene rings is 1. The van der Waals surface area contributed by atoms with Crippen LogP contribution in [-0.2, 0) is 0 Å². The predicted octanol–water partition coefficient (Wildman–Crippen LogP) is 3.55. The lowest BCUT2D eigenvalue weighted by molar-refractivity contribution is 0.415. The first-order valence-electron chi connectivity index (χ1n) is 5.63. The molecule has 2 aromatic heterocycles. The van der Waals surface area contributed by atoms with Crippen LogP contribution in [0.5, 0.6) is 5.75 Å². The minimum atomic E-state index is 0.369. The van der Waals surface area contributed by atoms with E-state index in [1.807, 2.05) is 41.8 Å². The monoisotopic (exact) mass is 273 g/mol. The van der Waals surface area contributed by atoms with Crippen molar-refractivity contribution in [1.82, 2.24) is 10.2 Å². The average Bonchev–Trinajstić information content (AvgIpc) is 3.10. The summed E-state index contributed by atoms with van der Waals surface area (Å²) < 4.78 is 10.6. The molecule has 6 heteroatoms. The van der Waals surface area contributed by atoms with Gasteiger partial charge in [-0.3, -0.25) is 0 Å². The predicted molar refractivity (Wildman–Crippen MR) is 73.9 cm³/mol. The van der Waals surface area contributed by atoms with Gasteiger partial charge in [-0.15, -0.1) is 16.4 Å². The average molecular weight is 273 g/mol. The molecule has 2 heterocycles. The third-order valence-corrected chi connectivity index (χ3v) is 3.36. The van der Waals surface area contributed by atoms with Gasteiger partial charge in [-0.2, -0.15) is 0 Å². The zero-order valence-corrected chi connectivity index (χ0v) is 11.0. The maximum Gasteiger partial charge on any atom is 0.320 e. The van der Waals surface area contributed by atoms with Crippen molar-refractivity contribution >= 4 is 23.0 Å². The van der Waals surface area contributed by atoms with Crippen LogP contribution in [0.25, 0.3) is 10.8 Å². The van der Waals surface area contributed by atoms with Crippen molar-refractivity contribution in [2.45, 2.75) is 0 Å². The smallest absolute Gasteiger partial charge is 0.320 e. The van der Waals surface area contributed by atoms with Crippen molar-refractivity contribution in [2.75, 3.05) is 12.4 Å². The fourth-order valence-electron chi connectivity index (χ4n) is 1.57. The van der Waals surface area contributed by atoms with Crippen LogP contribution >= 0.6 is 11.3 Å². The molecule has 3 aromatic rings. The van der Waals surface area contributed by atoms with Crippen molar-refractivity contribution in [2.24, 2.45) is 0 Å². The zero-order valence-electron chi connectivity index (χ0n) is 10.2. The summed E-state index contributed by atoms with van der Waals surface area (Å²) >= 11 is 1.56. The van der Waals surface area contributed by atoms with Crippen LogP contribution in [0.2, 0.25) is 0 Å². The largest absolute Gasteiger partial charge is 0.497 e. The van der Waals surface area contributed by atoms with Crippen LogP contribution in [0.15, 0.2) is 46.2 Å². The fourth-order valence-corrected chi connectivity index (χ4v) is 2.22. The molecule has 0 saturated heterocycles. The summed E-state index contributed by atoms with van der Waals surface area (Å²) in [5, 5.41) is 13.0. The molecule has 3 rings (SSSR count). The van der Waals surface area contributed by atoms with Gasteiger partial charge in [0.2, 0.25) is 0 Å². The number of ether oxygens (including phenoxy) is 1. The SMILES string of the molecule is COc1ccc(Nc2nnc(-c3cccs3)o2)cc1. The first kappa shape index (κ1) is 11.7. The van der Waals surface area contributed by atoms with E-state index in [4.69, 9.17) is 9.15 Å². The Labute approximate surface area is 113 Å². The number of rotatable bonds is 4. The van der Waals surface area contributed by atoms with E-state index < -0.39 is 0 Å². The topological polar surface area (TPSA) is 60.2 Å². The molecule has 5 nitrogen and oxygen atoms in total. The number of thiophene rings is 1. The highest BCUT2D eigenvalue weighted by molar-refractivity contribution is 7.13. The number of hydrogen-bond acceptors (Lipinski definition) is 6. The molecule has 96 valence electrons. The van der Waals surface area contributed by atoms with Crippen LogP contribution < -0.4 is 10.1 Å². The Bertz CT molecular complexity index is 647. The van der Waals surface area contributed by atoms with Gasteiger partial charge >= 0.3 is 6.01 Å². The Morgan fingerprint density at radius 3 is 2.68 bits per heavy atom. The zero-order chi connectivity index (χ0) is 13.1. The molecule has 0 saturated carbocycles. The van der Waals surface area contributed by atoms with Crippen LogP contribution in [0.1, 0.15) is 0 Å². The second-order valence-corrected chi connectivity index (χ2v) is 4.69. The number of nitrogens with one attached hydrogen (secondary N) is 1. The van der Waals surface area contributed by atoms with Crippen molar-refractivity contribution in [3.63, 3.8) is 0 Å². The molecule has 0 bridgehead atoms. The van der Waals surface area contributed by atoms with Crippen LogP contribution in [0.4, 0.5) is 11.7 Å². The van der Waals surface area contributed by atoms with Gasteiger partial charge in [-0.25, -0.2) is 0 Å². The van der Waals surface area contributed by atoms with Crippen LogP contribution in [0, 0.1) is 0 Å². The van der Waals surface area contributed by atoms with Crippen LogP contribution in [-0.4, -0.2) is 17.3 Å². The molecule has 0 aliphatic carbocycles. The Balaban J connectivity index is 1.76. The van der Waals surface area contributed by atoms with Gasteiger partial charge in [0.1, 0.15) is 5.75 Å². The van der Waals surface area contributed by atoms with Gasteiger partial charge in [0.15, 0.2) is 0 Å². The normalized spacial score (nSPS) is 10.4. The minimum absolute atomic E-state index is 0.369. The van der Waals surface area contributed by atoms with Gasteiger partial charge in [0.05, 0.1) is 12.0 Å². The van der Waals surface area contributed by atoms with Crippen molar-refractivity contribution < 1.29 is 9.15 Å². The van der Waals surface area contributed by atoms with Gasteiger partial charge in [0.25, 0.3) is 5.89 Å². The van der Waals surface area contributed by atoms with Gasteiger partial charge in [0, 0.05) is 5.69 Å². The maximum atomic E-state index is 5.53. The highest BCUT2D eigenvalue weighted by Gasteiger charge is 2.09. The van der Waals surface area contributed by atoms with E-state index in [2.05, 4.69) is 15.5 Å². The summed E-state index contributed by atoms with van der Waals surface area (Å²) in [6.45, 7) is 0. The molecule has 0 unspecified atom stereocenters. The third-order valence-electron chi connectivity index (χ3n) is 2.50. The maximum absolute atomic E-state index is 5.53. The van der Waals surface area contributed by atoms with E-state index in [0.29, 0.717) is 11.9 Å². The Kier molecular flexibility index (Phi) is 3.16. The third kappa shape index (κ3) is 2.58. The molecular formula is C13H11N3O2S. The van der Waals surface area contributed by atoms with E-state index in [1.165, 1.54) is 0 Å². The van der Waals surface area contributed by atoms with Crippen molar-refractivity contribution in [1.29, 1.82) is 0 Å². The summed E-state index contributed by atoms with van der Waals surface area (Å²) in [7, 11) is 1.63. The molecule has 1 aromatic carbocycles. The second kappa shape index (κ2) is 5.11. The highest BCUT2D eigenvalue weighted by Crippen LogP contribution is 2.26. The summed E-state index contributed by atoms with van der Waals surface area (Å²) in [5.74, 6) is 1.32. The minimum Gasteiger partial charge on any atom is -0.497 e. The van der Waals surface area contributed by atoms with Gasteiger partial charge in [-0.1, -0.05) is 11.2 Å². The molecule has 1 N–H and O–H groups in total. The number of aromatic nitrogens is 2. The standard InChI is InChI=1S/C13H11N3O2S/c1-17-10-6-4-9(5-7-10)14-13-16-15-12(18-13)11-3-2-8-19-11/h2-8H,1H3,(H,14,16). The van der Waals surface area contributed by atoms with E-state index in [0.717, 1.165) is 16.3 Å². The Hall–Kier alpha value is -2.34. The fraction of sp³-hybridized carbons (Fsp3) is 0.0769. The van der Waals surface area contributed by atoms with E-state index in [9.17, 15) is 0 Å². The molecular weight excluding hydrogens is 262 g/mol. The summed E-state index contributed by atoms with van der Waals surface area (Å²) in [6, 6.07) is 11.7. The van der Waals surface area contributed by atoms with Crippen LogP contribution in [0.3, 0.4) is 0 Å². The first-order valence-corrected chi connectivity index (χ1v) is 6.51.